The Balaban J connectivity index is 1.19. The number of fused-ring (bicyclic) bond motifs is 9. The van der Waals surface area contributed by atoms with E-state index in [1.165, 1.54) is 93.2 Å². The summed E-state index contributed by atoms with van der Waals surface area (Å²) in [4.78, 5) is 2.52. The molecule has 12 rings (SSSR count). The van der Waals surface area contributed by atoms with Crippen LogP contribution in [0.1, 0.15) is 23.6 Å². The lowest BCUT2D eigenvalue weighted by Crippen LogP contribution is -2.22. The molecule has 0 amide bonds. The van der Waals surface area contributed by atoms with E-state index in [0.717, 1.165) is 17.1 Å². The molecule has 1 aliphatic carbocycles. The Labute approximate surface area is 356 Å². The van der Waals surface area contributed by atoms with E-state index < -0.39 is 0 Å². The van der Waals surface area contributed by atoms with Crippen molar-refractivity contribution in [1.82, 2.24) is 0 Å². The van der Waals surface area contributed by atoms with Gasteiger partial charge in [0, 0.05) is 22.4 Å². The summed E-state index contributed by atoms with van der Waals surface area (Å²) in [5.74, 6) is 0. The third-order valence-electron chi connectivity index (χ3n) is 13.3. The molecule has 11 aromatic rings. The van der Waals surface area contributed by atoms with Crippen molar-refractivity contribution in [3.05, 3.63) is 247 Å². The van der Waals surface area contributed by atoms with Gasteiger partial charge in [-0.15, -0.1) is 0 Å². The van der Waals surface area contributed by atoms with Crippen LogP contribution in [0.3, 0.4) is 0 Å². The Morgan fingerprint density at radius 2 is 0.852 bits per heavy atom. The fourth-order valence-corrected chi connectivity index (χ4v) is 10.5. The van der Waals surface area contributed by atoms with E-state index in [1.807, 2.05) is 0 Å². The standard InChI is InChI=1S/C60H41N/c1-60(44-23-9-4-10-24-44)54-29-16-15-28-52(54)59-55(60)30-17-31-56(59)61(45-34-36-48-43(38-45)33-32-40-18-11-12-25-47(40)48)46-35-37-50-49-26-13-14-27-51(49)57(41-19-5-2-6-20-41)58(53(50)39-46)42-21-7-3-8-22-42/h2-39H,1H3. The molecule has 0 heterocycles. The molecule has 1 heteroatoms. The minimum absolute atomic E-state index is 0.329. The van der Waals surface area contributed by atoms with Crippen LogP contribution in [0.4, 0.5) is 17.1 Å². The first-order chi connectivity index (χ1) is 30.2. The van der Waals surface area contributed by atoms with Gasteiger partial charge in [0.05, 0.1) is 5.69 Å². The molecule has 1 aliphatic rings. The second-order valence-corrected chi connectivity index (χ2v) is 16.5. The zero-order valence-electron chi connectivity index (χ0n) is 33.9. The third kappa shape index (κ3) is 5.41. The van der Waals surface area contributed by atoms with Crippen molar-refractivity contribution in [2.45, 2.75) is 12.3 Å². The molecule has 0 aliphatic heterocycles. The minimum atomic E-state index is -0.329. The quantitative estimate of drug-likeness (QED) is 0.152. The van der Waals surface area contributed by atoms with E-state index in [0.29, 0.717) is 0 Å². The van der Waals surface area contributed by atoms with Crippen LogP contribution >= 0.6 is 0 Å². The van der Waals surface area contributed by atoms with Crippen LogP contribution < -0.4 is 4.90 Å². The molecule has 0 radical (unpaired) electrons. The van der Waals surface area contributed by atoms with Gasteiger partial charge in [-0.1, -0.05) is 200 Å². The van der Waals surface area contributed by atoms with E-state index in [-0.39, 0.29) is 5.41 Å². The maximum atomic E-state index is 2.52. The number of anilines is 3. The lowest BCUT2D eigenvalue weighted by atomic mass is 9.74. The zero-order chi connectivity index (χ0) is 40.5. The maximum Gasteiger partial charge on any atom is 0.0543 e. The van der Waals surface area contributed by atoms with Crippen molar-refractivity contribution in [2.24, 2.45) is 0 Å². The first-order valence-electron chi connectivity index (χ1n) is 21.3. The first kappa shape index (κ1) is 35.2. The van der Waals surface area contributed by atoms with Gasteiger partial charge in [0.1, 0.15) is 0 Å². The molecule has 0 aromatic heterocycles. The van der Waals surface area contributed by atoms with Crippen LogP contribution in [0, 0.1) is 0 Å². The Morgan fingerprint density at radius 3 is 1.61 bits per heavy atom. The van der Waals surface area contributed by atoms with Gasteiger partial charge in [-0.05, 0) is 125 Å². The average molecular weight is 776 g/mol. The number of nitrogens with zero attached hydrogens (tertiary/aromatic N) is 1. The lowest BCUT2D eigenvalue weighted by molar-refractivity contribution is 0.714. The minimum Gasteiger partial charge on any atom is -0.310 e. The summed E-state index contributed by atoms with van der Waals surface area (Å²) in [6.07, 6.45) is 0. The summed E-state index contributed by atoms with van der Waals surface area (Å²) in [5.41, 5.74) is 14.5. The second-order valence-electron chi connectivity index (χ2n) is 16.5. The SMILES string of the molecule is CC1(c2ccccc2)c2ccccc2-c2c(N(c3ccc4c(ccc5ccccc54)c3)c3ccc4c(c3)c(-c3ccccc3)c(-c3ccccc3)c3ccccc34)cccc21. The summed E-state index contributed by atoms with van der Waals surface area (Å²) in [6.45, 7) is 2.40. The van der Waals surface area contributed by atoms with E-state index in [4.69, 9.17) is 0 Å². The van der Waals surface area contributed by atoms with Crippen LogP contribution in [0.5, 0.6) is 0 Å². The smallest absolute Gasteiger partial charge is 0.0543 e. The third-order valence-corrected chi connectivity index (χ3v) is 13.3. The van der Waals surface area contributed by atoms with Crippen molar-refractivity contribution in [3.8, 4) is 33.4 Å². The summed E-state index contributed by atoms with van der Waals surface area (Å²) in [7, 11) is 0. The molecule has 0 saturated heterocycles. The second kappa shape index (κ2) is 13.9. The molecule has 11 aromatic carbocycles. The lowest BCUT2D eigenvalue weighted by Gasteiger charge is -2.31. The molecule has 0 N–H and O–H groups in total. The fraction of sp³-hybridized carbons (Fsp3) is 0.0333. The monoisotopic (exact) mass is 775 g/mol. The predicted molar refractivity (Wildman–Crippen MR) is 259 cm³/mol. The zero-order valence-corrected chi connectivity index (χ0v) is 33.9. The van der Waals surface area contributed by atoms with Gasteiger partial charge in [-0.3, -0.25) is 0 Å². The normalized spacial score (nSPS) is 14.4. The highest BCUT2D eigenvalue weighted by Gasteiger charge is 2.42. The molecule has 0 saturated carbocycles. The van der Waals surface area contributed by atoms with Crippen LogP contribution in [-0.2, 0) is 5.41 Å². The van der Waals surface area contributed by atoms with Crippen molar-refractivity contribution in [3.63, 3.8) is 0 Å². The Morgan fingerprint density at radius 1 is 0.328 bits per heavy atom. The largest absolute Gasteiger partial charge is 0.310 e. The van der Waals surface area contributed by atoms with Gasteiger partial charge in [0.15, 0.2) is 0 Å². The Bertz CT molecular complexity index is 3480. The van der Waals surface area contributed by atoms with E-state index in [2.05, 4.69) is 242 Å². The van der Waals surface area contributed by atoms with Gasteiger partial charge in [-0.25, -0.2) is 0 Å². The molecule has 61 heavy (non-hydrogen) atoms. The average Bonchev–Trinajstić information content (AvgIpc) is 3.60. The molecule has 286 valence electrons. The fourth-order valence-electron chi connectivity index (χ4n) is 10.5. The van der Waals surface area contributed by atoms with Crippen LogP contribution in [0.2, 0.25) is 0 Å². The molecule has 0 spiro atoms. The Hall–Kier alpha value is -7.74. The van der Waals surface area contributed by atoms with Gasteiger partial charge in [0.2, 0.25) is 0 Å². The highest BCUT2D eigenvalue weighted by molar-refractivity contribution is 6.22. The molecule has 0 fully saturated rings. The molecule has 1 atom stereocenters. The summed E-state index contributed by atoms with van der Waals surface area (Å²) in [5, 5.41) is 9.95. The van der Waals surface area contributed by atoms with Crippen molar-refractivity contribution in [1.29, 1.82) is 0 Å². The molecular formula is C60H41N. The van der Waals surface area contributed by atoms with Crippen molar-refractivity contribution < 1.29 is 0 Å². The van der Waals surface area contributed by atoms with Crippen LogP contribution in [0.15, 0.2) is 231 Å². The first-order valence-corrected chi connectivity index (χ1v) is 21.3. The summed E-state index contributed by atoms with van der Waals surface area (Å²) in [6, 6.07) is 85.2. The summed E-state index contributed by atoms with van der Waals surface area (Å²) < 4.78 is 0. The molecule has 1 nitrogen and oxygen atoms in total. The molecule has 1 unspecified atom stereocenters. The van der Waals surface area contributed by atoms with Gasteiger partial charge in [0.25, 0.3) is 0 Å². The maximum absolute atomic E-state index is 2.52. The van der Waals surface area contributed by atoms with Gasteiger partial charge in [-0.2, -0.15) is 0 Å². The number of hydrogen-bond donors (Lipinski definition) is 0. The highest BCUT2D eigenvalue weighted by Crippen LogP contribution is 2.57. The molecule has 0 bridgehead atoms. The highest BCUT2D eigenvalue weighted by atomic mass is 15.1. The summed E-state index contributed by atoms with van der Waals surface area (Å²) >= 11 is 0. The molecular weight excluding hydrogens is 735 g/mol. The van der Waals surface area contributed by atoms with Crippen LogP contribution in [0.25, 0.3) is 76.5 Å². The topological polar surface area (TPSA) is 3.24 Å². The van der Waals surface area contributed by atoms with Crippen LogP contribution in [-0.4, -0.2) is 0 Å². The van der Waals surface area contributed by atoms with E-state index in [9.17, 15) is 0 Å². The number of hydrogen-bond acceptors (Lipinski definition) is 1. The van der Waals surface area contributed by atoms with E-state index in [1.54, 1.807) is 0 Å². The van der Waals surface area contributed by atoms with Crippen molar-refractivity contribution in [2.75, 3.05) is 4.90 Å². The number of benzene rings is 11. The van der Waals surface area contributed by atoms with Gasteiger partial charge < -0.3 is 4.90 Å². The predicted octanol–water partition coefficient (Wildman–Crippen LogP) is 16.4. The number of rotatable bonds is 6. The van der Waals surface area contributed by atoms with E-state index >= 15 is 0 Å². The van der Waals surface area contributed by atoms with Crippen molar-refractivity contribution >= 4 is 60.2 Å². The Kier molecular flexibility index (Phi) is 8.05. The van der Waals surface area contributed by atoms with Gasteiger partial charge >= 0.3 is 0 Å².